The van der Waals surface area contributed by atoms with Crippen molar-refractivity contribution in [3.8, 4) is 0 Å². The molecule has 0 aromatic rings. The first kappa shape index (κ1) is 10.8. The maximum absolute atomic E-state index is 8.59. The zero-order valence-corrected chi connectivity index (χ0v) is 5.63. The fourth-order valence-corrected chi connectivity index (χ4v) is 0. The third-order valence-electron chi connectivity index (χ3n) is 0. The third kappa shape index (κ3) is 64600. The molecule has 0 aliphatic carbocycles. The van der Waals surface area contributed by atoms with Gasteiger partial charge in [0.25, 0.3) is 0 Å². The molecule has 6 nitrogen and oxygen atoms in total. The summed E-state index contributed by atoms with van der Waals surface area (Å²) in [5.41, 5.74) is 0. The monoisotopic (exact) mass is 180 g/mol. The van der Waals surface area contributed by atoms with Crippen molar-refractivity contribution >= 4 is 8.34 Å². The SMILES string of the molecule is O=[PH]=O.[O]=[Cr](=[O])([O-])[O-]. The van der Waals surface area contributed by atoms with E-state index in [-0.39, 0.29) is 0 Å². The van der Waals surface area contributed by atoms with Crippen molar-refractivity contribution in [3.05, 3.63) is 0 Å². The predicted octanol–water partition coefficient (Wildman–Crippen LogP) is -2.26. The standard InChI is InChI=1S/Cr.HO2P.4O/c;1-3-2;;;;/h;3H;;;;/q;;;;2*-1. The molecule has 0 aliphatic rings. The minimum absolute atomic E-state index is 1.42. The minimum atomic E-state index is -5.75. The second-order valence-corrected chi connectivity index (χ2v) is 1.93. The van der Waals surface area contributed by atoms with Gasteiger partial charge in [0, 0.05) is 0 Å². The molecule has 8 heavy (non-hydrogen) atoms. The zero-order valence-electron chi connectivity index (χ0n) is 3.36. The summed E-state index contributed by atoms with van der Waals surface area (Å²) in [5.74, 6) is 0. The van der Waals surface area contributed by atoms with Crippen molar-refractivity contribution in [1.82, 2.24) is 0 Å². The van der Waals surface area contributed by atoms with Gasteiger partial charge in [-0.05, 0) is 0 Å². The van der Waals surface area contributed by atoms with E-state index in [4.69, 9.17) is 25.1 Å². The molecule has 0 rings (SSSR count). The Kier molecular flexibility index (Phi) is 6.91. The first-order valence-electron chi connectivity index (χ1n) is 1.07. The van der Waals surface area contributed by atoms with Crippen LogP contribution in [0.5, 0.6) is 0 Å². The van der Waals surface area contributed by atoms with Crippen LogP contribution >= 0.6 is 8.34 Å². The second kappa shape index (κ2) is 5.10. The summed E-state index contributed by atoms with van der Waals surface area (Å²) in [7, 11) is -1.42. The van der Waals surface area contributed by atoms with Gasteiger partial charge in [0.1, 0.15) is 0 Å². The molecule has 0 fully saturated rings. The summed E-state index contributed by atoms with van der Waals surface area (Å²) < 4.78 is 51.2. The Bertz CT molecular complexity index is 149. The molecule has 0 aromatic heterocycles. The van der Waals surface area contributed by atoms with Crippen LogP contribution in [0.4, 0.5) is 0 Å². The van der Waals surface area contributed by atoms with Gasteiger partial charge < -0.3 is 0 Å². The predicted molar refractivity (Wildman–Crippen MR) is 11.1 cm³/mol. The molecular weight excluding hydrogens is 179 g/mol. The summed E-state index contributed by atoms with van der Waals surface area (Å²) >= 11 is -5.75. The van der Waals surface area contributed by atoms with Crippen LogP contribution in [0.15, 0.2) is 0 Å². The topological polar surface area (TPSA) is 114 Å². The Balaban J connectivity index is 0. The van der Waals surface area contributed by atoms with Gasteiger partial charge in [-0.3, -0.25) is 0 Å². The van der Waals surface area contributed by atoms with E-state index in [9.17, 15) is 0 Å². The van der Waals surface area contributed by atoms with E-state index in [1.54, 1.807) is 0 Å². The Morgan fingerprint density at radius 2 is 1.12 bits per heavy atom. The van der Waals surface area contributed by atoms with E-state index in [1.807, 2.05) is 0 Å². The summed E-state index contributed by atoms with van der Waals surface area (Å²) in [6.07, 6.45) is 0. The molecule has 0 aliphatic heterocycles. The van der Waals surface area contributed by atoms with Crippen LogP contribution in [0.3, 0.4) is 0 Å². The molecule has 0 unspecified atom stereocenters. The summed E-state index contributed by atoms with van der Waals surface area (Å²) in [6, 6.07) is 0. The van der Waals surface area contributed by atoms with Gasteiger partial charge in [-0.15, -0.1) is 0 Å². The van der Waals surface area contributed by atoms with Gasteiger partial charge in [0.15, 0.2) is 0 Å². The maximum atomic E-state index is 8.59. The molecule has 0 spiro atoms. The normalized spacial score (nSPS) is 8.75. The van der Waals surface area contributed by atoms with Gasteiger partial charge in [-0.25, -0.2) is 9.13 Å². The van der Waals surface area contributed by atoms with Crippen LogP contribution in [0.25, 0.3) is 0 Å². The van der Waals surface area contributed by atoms with Crippen LogP contribution in [0, 0.1) is 0 Å². The van der Waals surface area contributed by atoms with Gasteiger partial charge in [0.2, 0.25) is 0 Å². The molecule has 0 radical (unpaired) electrons. The number of rotatable bonds is 0. The Labute approximate surface area is 47.8 Å². The van der Waals surface area contributed by atoms with Crippen LogP contribution in [0.1, 0.15) is 0 Å². The molecule has 0 N–H and O–H groups in total. The van der Waals surface area contributed by atoms with E-state index in [1.165, 1.54) is 0 Å². The number of hydrogen-bond acceptors (Lipinski definition) is 6. The first-order chi connectivity index (χ1) is 3.41. The summed E-state index contributed by atoms with van der Waals surface area (Å²) in [6.45, 7) is 0. The van der Waals surface area contributed by atoms with E-state index in [2.05, 4.69) is 0 Å². The quantitative estimate of drug-likeness (QED) is 0.388. The van der Waals surface area contributed by atoms with Gasteiger partial charge >= 0.3 is 37.9 Å². The molecule has 0 aromatic carbocycles. The van der Waals surface area contributed by atoms with Crippen molar-refractivity contribution in [2.75, 3.05) is 0 Å². The molecule has 8 heteroatoms. The van der Waals surface area contributed by atoms with E-state index >= 15 is 0 Å². The van der Waals surface area contributed by atoms with E-state index in [0.29, 0.717) is 0 Å². The van der Waals surface area contributed by atoms with Gasteiger partial charge in [0.05, 0.1) is 0 Å². The fourth-order valence-electron chi connectivity index (χ4n) is 0. The zero-order chi connectivity index (χ0) is 7.21. The molecule has 0 atom stereocenters. The Morgan fingerprint density at radius 3 is 1.12 bits per heavy atom. The van der Waals surface area contributed by atoms with Crippen molar-refractivity contribution in [2.45, 2.75) is 0 Å². The average Bonchev–Trinajstić information content (AvgIpc) is 1.27. The Hall–Kier alpha value is -0.0475. The molecule has 0 saturated carbocycles. The van der Waals surface area contributed by atoms with Crippen molar-refractivity contribution in [2.24, 2.45) is 0 Å². The van der Waals surface area contributed by atoms with Crippen LogP contribution in [-0.2, 0) is 30.4 Å². The molecule has 0 amide bonds. The third-order valence-corrected chi connectivity index (χ3v) is 0. The van der Waals surface area contributed by atoms with E-state index in [0.717, 1.165) is 0 Å². The molecule has 0 heterocycles. The van der Waals surface area contributed by atoms with Crippen LogP contribution in [0.2, 0.25) is 0 Å². The van der Waals surface area contributed by atoms with Crippen molar-refractivity contribution in [1.29, 1.82) is 0 Å². The van der Waals surface area contributed by atoms with Crippen LogP contribution < -0.4 is 8.32 Å². The van der Waals surface area contributed by atoms with Crippen molar-refractivity contribution in [3.63, 3.8) is 0 Å². The van der Waals surface area contributed by atoms with Gasteiger partial charge in [-0.1, -0.05) is 0 Å². The van der Waals surface area contributed by atoms with Gasteiger partial charge in [-0.2, -0.15) is 0 Å². The number of hydrogen-bond donors (Lipinski definition) is 0. The van der Waals surface area contributed by atoms with Crippen LogP contribution in [-0.4, -0.2) is 0 Å². The first-order valence-corrected chi connectivity index (χ1v) is 3.97. The fraction of sp³-hybridized carbons (Fsp3) is 0. The molecular formula is HCrO6P-2. The molecule has 0 saturated heterocycles. The molecule has 50 valence electrons. The summed E-state index contributed by atoms with van der Waals surface area (Å²) in [4.78, 5) is 0. The summed E-state index contributed by atoms with van der Waals surface area (Å²) in [5, 5.41) is 0. The van der Waals surface area contributed by atoms with Crippen molar-refractivity contribution < 1.29 is 38.7 Å². The van der Waals surface area contributed by atoms with E-state index < -0.39 is 22.0 Å². The average molecular weight is 180 g/mol. The second-order valence-electron chi connectivity index (χ2n) is 0.492. The Morgan fingerprint density at radius 1 is 1.12 bits per heavy atom. The molecule has 0 bridgehead atoms.